The molecule has 3 heteroatoms. The molecule has 0 fully saturated rings. The van der Waals surface area contributed by atoms with Gasteiger partial charge in [0.1, 0.15) is 0 Å². The lowest BCUT2D eigenvalue weighted by Crippen LogP contribution is -2.17. The average Bonchev–Trinajstić information content (AvgIpc) is 3.86. The Morgan fingerprint density at radius 2 is 1.12 bits per heavy atom. The van der Waals surface area contributed by atoms with Gasteiger partial charge in [-0.25, -0.2) is 0 Å². The second-order valence-electron chi connectivity index (χ2n) is 16.3. The van der Waals surface area contributed by atoms with Gasteiger partial charge >= 0.3 is 0 Å². The van der Waals surface area contributed by atoms with Crippen molar-refractivity contribution >= 4 is 70.7 Å². The summed E-state index contributed by atoms with van der Waals surface area (Å²) in [4.78, 5) is 0. The minimum Gasteiger partial charge on any atom is -0.307 e. The molecule has 0 spiro atoms. The first-order chi connectivity index (χ1) is 28.0. The minimum absolute atomic E-state index is 0.171. The molecule has 0 saturated heterocycles. The van der Waals surface area contributed by atoms with E-state index in [-0.39, 0.29) is 5.41 Å². The van der Waals surface area contributed by atoms with Gasteiger partial charge in [-0.2, -0.15) is 5.26 Å². The van der Waals surface area contributed by atoms with E-state index >= 15 is 0 Å². The first-order valence-corrected chi connectivity index (χ1v) is 20.0. The molecule has 0 atom stereocenters. The number of nitrogens with zero attached hydrogens (tertiary/aromatic N) is 3. The third-order valence-corrected chi connectivity index (χ3v) is 13.0. The number of nitriles is 1. The Balaban J connectivity index is 1.24. The van der Waals surface area contributed by atoms with Crippen LogP contribution < -0.4 is 0 Å². The van der Waals surface area contributed by atoms with Crippen molar-refractivity contribution in [3.8, 4) is 28.6 Å². The van der Waals surface area contributed by atoms with Crippen molar-refractivity contribution in [1.29, 1.82) is 5.26 Å². The zero-order valence-corrected chi connectivity index (χ0v) is 31.8. The predicted octanol–water partition coefficient (Wildman–Crippen LogP) is 14.1. The summed E-state index contributed by atoms with van der Waals surface area (Å²) in [6.45, 7) is 4.62. The maximum Gasteiger partial charge on any atom is 0.0947 e. The fraction of sp³-hybridized carbons (Fsp3) is 0.0926. The molecule has 10 aromatic rings. The lowest BCUT2D eigenvalue weighted by molar-refractivity contribution is 0.650. The Kier molecular flexibility index (Phi) is 6.58. The van der Waals surface area contributed by atoms with Crippen LogP contribution in [0.4, 0.5) is 0 Å². The van der Waals surface area contributed by atoms with Crippen LogP contribution in [0, 0.1) is 11.3 Å². The molecule has 57 heavy (non-hydrogen) atoms. The maximum atomic E-state index is 9.86. The Hall–Kier alpha value is -7.15. The van der Waals surface area contributed by atoms with E-state index in [4.69, 9.17) is 0 Å². The summed E-state index contributed by atoms with van der Waals surface area (Å²) in [5.74, 6) is 0. The molecule has 3 nitrogen and oxygen atoms in total. The van der Waals surface area contributed by atoms with E-state index in [9.17, 15) is 5.26 Å². The monoisotopic (exact) mass is 727 g/mol. The van der Waals surface area contributed by atoms with Gasteiger partial charge in [-0.05, 0) is 105 Å². The highest BCUT2D eigenvalue weighted by atomic mass is 15.1. The van der Waals surface area contributed by atoms with Gasteiger partial charge < -0.3 is 9.13 Å². The van der Waals surface area contributed by atoms with Crippen molar-refractivity contribution in [2.75, 3.05) is 0 Å². The zero-order chi connectivity index (χ0) is 38.0. The summed E-state index contributed by atoms with van der Waals surface area (Å²) in [7, 11) is 0. The number of benzene rings is 8. The largest absolute Gasteiger partial charge is 0.307 e. The molecule has 2 aliphatic rings. The molecule has 0 bridgehead atoms. The third-order valence-electron chi connectivity index (χ3n) is 13.0. The molecular formula is C54H37N3. The van der Waals surface area contributed by atoms with Gasteiger partial charge in [0.25, 0.3) is 0 Å². The number of rotatable bonds is 3. The molecule has 2 aliphatic carbocycles. The number of aromatic nitrogens is 2. The van der Waals surface area contributed by atoms with Crippen LogP contribution in [-0.2, 0) is 5.41 Å². The number of fused-ring (bicyclic) bond motifs is 12. The molecule has 0 N–H and O–H groups in total. The van der Waals surface area contributed by atoms with Crippen LogP contribution in [0.25, 0.3) is 93.2 Å². The van der Waals surface area contributed by atoms with Gasteiger partial charge in [0.05, 0.1) is 39.5 Å². The summed E-state index contributed by atoms with van der Waals surface area (Å²) in [6.07, 6.45) is 3.84. The van der Waals surface area contributed by atoms with E-state index < -0.39 is 0 Å². The second-order valence-corrected chi connectivity index (χ2v) is 16.3. The molecule has 12 rings (SSSR count). The molecule has 0 aliphatic heterocycles. The smallest absolute Gasteiger partial charge is 0.0947 e. The van der Waals surface area contributed by atoms with Gasteiger partial charge in [-0.1, -0.05) is 135 Å². The molecule has 2 heterocycles. The standard InChI is InChI=1S/C54H37N3/c1-54(2)44-27-23-36(31-43(44)40-26-22-33(32-55)30-45(40)54)39-18-11-21-50(56-46-19-9-7-16-41(46)51-37-14-5-3-12-34(37)24-28-48(51)56)53(39)57-47-20-10-8-17-42(47)52-38-15-6-4-13-35(38)25-29-49(52)57/h3-21,23-25,27-31H,22,26H2,1-2H3. The van der Waals surface area contributed by atoms with Crippen LogP contribution in [0.5, 0.6) is 0 Å². The first kappa shape index (κ1) is 32.1. The van der Waals surface area contributed by atoms with Crippen LogP contribution in [0.2, 0.25) is 0 Å². The van der Waals surface area contributed by atoms with Crippen molar-refractivity contribution in [3.63, 3.8) is 0 Å². The SMILES string of the molecule is CC1(C)C2=C(CCC(C#N)=C2)c2cc(-c3cccc(-n4c5ccccc5c5c6ccccc6ccc54)c3-n3c4ccccc4c4c5ccccc5ccc43)ccc21. The van der Waals surface area contributed by atoms with Gasteiger partial charge in [0.2, 0.25) is 0 Å². The van der Waals surface area contributed by atoms with E-state index in [1.165, 1.54) is 98.6 Å². The van der Waals surface area contributed by atoms with Crippen molar-refractivity contribution in [1.82, 2.24) is 9.13 Å². The minimum atomic E-state index is -0.171. The van der Waals surface area contributed by atoms with Gasteiger partial charge in [-0.3, -0.25) is 0 Å². The molecule has 2 aromatic heterocycles. The Bertz CT molecular complexity index is 3500. The summed E-state index contributed by atoms with van der Waals surface area (Å²) in [6, 6.07) is 61.0. The quantitative estimate of drug-likeness (QED) is 0.178. The van der Waals surface area contributed by atoms with E-state index in [0.717, 1.165) is 29.8 Å². The summed E-state index contributed by atoms with van der Waals surface area (Å²) in [5.41, 5.74) is 15.4. The number of para-hydroxylation sites is 3. The summed E-state index contributed by atoms with van der Waals surface area (Å²) in [5, 5.41) is 19.9. The molecule has 0 saturated carbocycles. The van der Waals surface area contributed by atoms with Gasteiger partial charge in [0, 0.05) is 38.1 Å². The van der Waals surface area contributed by atoms with Gasteiger partial charge in [-0.15, -0.1) is 0 Å². The van der Waals surface area contributed by atoms with E-state index in [1.807, 2.05) is 0 Å². The maximum absolute atomic E-state index is 9.86. The van der Waals surface area contributed by atoms with E-state index in [2.05, 4.69) is 193 Å². The highest BCUT2D eigenvalue weighted by Crippen LogP contribution is 2.52. The molecular weight excluding hydrogens is 691 g/mol. The Morgan fingerprint density at radius 3 is 1.79 bits per heavy atom. The van der Waals surface area contributed by atoms with Gasteiger partial charge in [0.15, 0.2) is 0 Å². The second kappa shape index (κ2) is 11.7. The van der Waals surface area contributed by atoms with E-state index in [1.54, 1.807) is 0 Å². The van der Waals surface area contributed by atoms with Crippen molar-refractivity contribution in [3.05, 3.63) is 186 Å². The fourth-order valence-corrected chi connectivity index (χ4v) is 10.5. The van der Waals surface area contributed by atoms with Crippen LogP contribution in [0.3, 0.4) is 0 Å². The van der Waals surface area contributed by atoms with Crippen LogP contribution >= 0.6 is 0 Å². The number of allylic oxidation sites excluding steroid dienone is 4. The highest BCUT2D eigenvalue weighted by Gasteiger charge is 2.38. The normalized spacial score (nSPS) is 14.9. The highest BCUT2D eigenvalue weighted by molar-refractivity contribution is 6.23. The lowest BCUT2D eigenvalue weighted by atomic mass is 9.79. The average molecular weight is 728 g/mol. The fourth-order valence-electron chi connectivity index (χ4n) is 10.5. The first-order valence-electron chi connectivity index (χ1n) is 20.0. The van der Waals surface area contributed by atoms with Crippen molar-refractivity contribution < 1.29 is 0 Å². The summed E-state index contributed by atoms with van der Waals surface area (Å²) >= 11 is 0. The molecule has 0 amide bonds. The zero-order valence-electron chi connectivity index (χ0n) is 31.8. The van der Waals surface area contributed by atoms with E-state index in [0.29, 0.717) is 0 Å². The molecule has 268 valence electrons. The van der Waals surface area contributed by atoms with Crippen molar-refractivity contribution in [2.24, 2.45) is 0 Å². The lowest BCUT2D eigenvalue weighted by Gasteiger charge is -2.24. The summed E-state index contributed by atoms with van der Waals surface area (Å²) < 4.78 is 5.04. The van der Waals surface area contributed by atoms with Crippen molar-refractivity contribution in [2.45, 2.75) is 32.1 Å². The molecule has 8 aromatic carbocycles. The predicted molar refractivity (Wildman–Crippen MR) is 238 cm³/mol. The number of hydrogen-bond acceptors (Lipinski definition) is 1. The number of hydrogen-bond donors (Lipinski definition) is 0. The molecule has 0 radical (unpaired) electrons. The van der Waals surface area contributed by atoms with Crippen LogP contribution in [-0.4, -0.2) is 9.13 Å². The molecule has 0 unspecified atom stereocenters. The van der Waals surface area contributed by atoms with Crippen LogP contribution in [0.15, 0.2) is 175 Å². The third kappa shape index (κ3) is 4.36. The van der Waals surface area contributed by atoms with Crippen LogP contribution in [0.1, 0.15) is 37.8 Å². The topological polar surface area (TPSA) is 33.6 Å². The Labute approximate surface area is 330 Å². The Morgan fingerprint density at radius 1 is 0.526 bits per heavy atom.